The highest BCUT2D eigenvalue weighted by molar-refractivity contribution is 6.31. The van der Waals surface area contributed by atoms with Gasteiger partial charge >= 0.3 is 0 Å². The first kappa shape index (κ1) is 19.9. The maximum Gasteiger partial charge on any atom is 0.201 e. The van der Waals surface area contributed by atoms with E-state index in [-0.39, 0.29) is 39.1 Å². The highest BCUT2D eigenvalue weighted by Gasteiger charge is 2.20. The maximum atomic E-state index is 14.2. The fourth-order valence-corrected chi connectivity index (χ4v) is 2.68. The molecule has 0 saturated carbocycles. The molecule has 5 N–H and O–H groups in total. The van der Waals surface area contributed by atoms with E-state index >= 15 is 0 Å². The summed E-state index contributed by atoms with van der Waals surface area (Å²) in [6, 6.07) is 4.49. The minimum Gasteiger partial charge on any atom is -0.355 e. The molecule has 0 bridgehead atoms. The standard InChI is InChI=1S/C17H16ClF3N6O/c1-22-4-5-23-17-25-14-9(7-12(20)13(21)15(14)26-17)16(27-28)24-8-2-3-11(19)10(18)6-8/h2-3,6-7,22,28H,4-5H2,1H3,(H,24,27)(H2,23,25,26). The number of hydroxylamine groups is 1. The van der Waals surface area contributed by atoms with Crippen LogP contribution < -0.4 is 16.1 Å². The van der Waals surface area contributed by atoms with E-state index in [1.807, 2.05) is 5.48 Å². The van der Waals surface area contributed by atoms with Crippen LogP contribution in [0.3, 0.4) is 0 Å². The third kappa shape index (κ3) is 4.03. The summed E-state index contributed by atoms with van der Waals surface area (Å²) in [6.07, 6.45) is 0. The van der Waals surface area contributed by atoms with Gasteiger partial charge in [-0.2, -0.15) is 0 Å². The molecule has 0 atom stereocenters. The highest BCUT2D eigenvalue weighted by Crippen LogP contribution is 2.27. The second kappa shape index (κ2) is 8.46. The molecule has 28 heavy (non-hydrogen) atoms. The quantitative estimate of drug-likeness (QED) is 0.185. The Morgan fingerprint density at radius 3 is 2.68 bits per heavy atom. The summed E-state index contributed by atoms with van der Waals surface area (Å²) < 4.78 is 41.6. The Hall–Kier alpha value is -2.82. The molecule has 0 spiro atoms. The fraction of sp³-hybridized carbons (Fsp3) is 0.176. The van der Waals surface area contributed by atoms with Gasteiger partial charge in [0.05, 0.1) is 16.2 Å². The molecular formula is C17H16ClF3N6O. The number of fused-ring (bicyclic) bond motifs is 1. The summed E-state index contributed by atoms with van der Waals surface area (Å²) in [5.74, 6) is -2.94. The van der Waals surface area contributed by atoms with Crippen molar-refractivity contribution in [1.29, 1.82) is 0 Å². The summed E-state index contributed by atoms with van der Waals surface area (Å²) in [5, 5.41) is 15.2. The van der Waals surface area contributed by atoms with Gasteiger partial charge in [0.2, 0.25) is 5.95 Å². The van der Waals surface area contributed by atoms with Crippen LogP contribution in [0.1, 0.15) is 5.56 Å². The van der Waals surface area contributed by atoms with E-state index in [1.165, 1.54) is 12.1 Å². The zero-order valence-corrected chi connectivity index (χ0v) is 15.3. The molecule has 0 aliphatic rings. The molecule has 0 amide bonds. The first-order valence-electron chi connectivity index (χ1n) is 8.15. The minimum atomic E-state index is -1.17. The Labute approximate surface area is 162 Å². The van der Waals surface area contributed by atoms with Crippen molar-refractivity contribution in [3.8, 4) is 0 Å². The molecule has 1 aromatic heterocycles. The molecule has 3 rings (SSSR count). The number of nitrogens with zero attached hydrogens (tertiary/aromatic N) is 2. The number of anilines is 1. The molecule has 1 heterocycles. The monoisotopic (exact) mass is 412 g/mol. The van der Waals surface area contributed by atoms with Crippen LogP contribution in [0.15, 0.2) is 29.3 Å². The zero-order chi connectivity index (χ0) is 20.3. The third-order valence-electron chi connectivity index (χ3n) is 3.83. The van der Waals surface area contributed by atoms with Gasteiger partial charge < -0.3 is 15.6 Å². The van der Waals surface area contributed by atoms with Crippen molar-refractivity contribution in [1.82, 2.24) is 20.8 Å². The van der Waals surface area contributed by atoms with E-state index in [1.54, 1.807) is 7.05 Å². The van der Waals surface area contributed by atoms with Gasteiger partial charge in [-0.15, -0.1) is 0 Å². The minimum absolute atomic E-state index is 0.0195. The molecule has 2 aromatic carbocycles. The first-order chi connectivity index (χ1) is 13.4. The van der Waals surface area contributed by atoms with E-state index in [2.05, 4.69) is 25.6 Å². The summed E-state index contributed by atoms with van der Waals surface area (Å²) >= 11 is 5.73. The van der Waals surface area contributed by atoms with Crippen LogP contribution in [0.4, 0.5) is 24.8 Å². The average Bonchev–Trinajstić information content (AvgIpc) is 3.10. The number of H-pyrrole nitrogens is 1. The predicted molar refractivity (Wildman–Crippen MR) is 101 cm³/mol. The molecular weight excluding hydrogens is 397 g/mol. The highest BCUT2D eigenvalue weighted by atomic mass is 35.5. The largest absolute Gasteiger partial charge is 0.355 e. The zero-order valence-electron chi connectivity index (χ0n) is 14.6. The summed E-state index contributed by atoms with van der Waals surface area (Å²) in [5.41, 5.74) is 1.90. The molecule has 11 heteroatoms. The van der Waals surface area contributed by atoms with Gasteiger partial charge in [0, 0.05) is 18.7 Å². The number of aromatic amines is 1. The van der Waals surface area contributed by atoms with Gasteiger partial charge in [-0.1, -0.05) is 11.6 Å². The molecule has 0 radical (unpaired) electrons. The van der Waals surface area contributed by atoms with E-state index in [0.717, 1.165) is 12.1 Å². The lowest BCUT2D eigenvalue weighted by molar-refractivity contribution is 0.235. The Morgan fingerprint density at radius 1 is 1.21 bits per heavy atom. The first-order valence-corrected chi connectivity index (χ1v) is 8.52. The Balaban J connectivity index is 2.09. The molecule has 7 nitrogen and oxygen atoms in total. The lowest BCUT2D eigenvalue weighted by atomic mass is 10.1. The topological polar surface area (TPSA) is 97.4 Å². The number of rotatable bonds is 6. The number of imidazole rings is 1. The normalized spacial score (nSPS) is 11.9. The number of likely N-dealkylation sites (N-methyl/N-ethyl adjacent to an activating group) is 1. The van der Waals surface area contributed by atoms with Crippen LogP contribution >= 0.6 is 11.6 Å². The molecule has 0 unspecified atom stereocenters. The van der Waals surface area contributed by atoms with Crippen LogP contribution in [0.25, 0.3) is 11.0 Å². The van der Waals surface area contributed by atoms with E-state index in [4.69, 9.17) is 11.6 Å². The number of nitrogens with one attached hydrogen (secondary N) is 4. The second-order valence-corrected chi connectivity index (χ2v) is 6.14. The second-order valence-electron chi connectivity index (χ2n) is 5.73. The van der Waals surface area contributed by atoms with Crippen LogP contribution in [0.2, 0.25) is 5.02 Å². The number of aliphatic imine (C=N–C) groups is 1. The van der Waals surface area contributed by atoms with Crippen molar-refractivity contribution in [2.45, 2.75) is 0 Å². The van der Waals surface area contributed by atoms with E-state index < -0.39 is 17.5 Å². The number of halogens is 4. The molecule has 0 aliphatic carbocycles. The van der Waals surface area contributed by atoms with Crippen LogP contribution in [-0.2, 0) is 0 Å². The lowest BCUT2D eigenvalue weighted by Crippen LogP contribution is -2.21. The Kier molecular flexibility index (Phi) is 6.02. The molecule has 148 valence electrons. The van der Waals surface area contributed by atoms with Crippen molar-refractivity contribution >= 4 is 40.1 Å². The van der Waals surface area contributed by atoms with Crippen molar-refractivity contribution in [3.63, 3.8) is 0 Å². The molecule has 0 fully saturated rings. The van der Waals surface area contributed by atoms with Gasteiger partial charge in [-0.05, 0) is 31.3 Å². The van der Waals surface area contributed by atoms with Crippen LogP contribution in [0.5, 0.6) is 0 Å². The SMILES string of the molecule is CNCCNc1nc2c(F)c(F)cc(C(=Nc3ccc(F)c(Cl)c3)NO)c2[nH]1. The number of hydrogen-bond donors (Lipinski definition) is 5. The Bertz CT molecular complexity index is 1040. The lowest BCUT2D eigenvalue weighted by Gasteiger charge is -2.08. The molecule has 0 saturated heterocycles. The van der Waals surface area contributed by atoms with Crippen LogP contribution in [0, 0.1) is 17.5 Å². The van der Waals surface area contributed by atoms with Gasteiger partial charge in [0.15, 0.2) is 17.5 Å². The smallest absolute Gasteiger partial charge is 0.201 e. The summed E-state index contributed by atoms with van der Waals surface area (Å²) in [4.78, 5) is 10.9. The molecule has 3 aromatic rings. The molecule has 0 aliphatic heterocycles. The number of aromatic nitrogens is 2. The van der Waals surface area contributed by atoms with E-state index in [9.17, 15) is 18.4 Å². The van der Waals surface area contributed by atoms with Gasteiger partial charge in [0.1, 0.15) is 11.3 Å². The third-order valence-corrected chi connectivity index (χ3v) is 4.12. The summed E-state index contributed by atoms with van der Waals surface area (Å²) in [7, 11) is 1.77. The summed E-state index contributed by atoms with van der Waals surface area (Å²) in [6.45, 7) is 1.11. The fourth-order valence-electron chi connectivity index (χ4n) is 2.51. The maximum absolute atomic E-state index is 14.2. The average molecular weight is 413 g/mol. The van der Waals surface area contributed by atoms with Crippen molar-refractivity contribution in [2.24, 2.45) is 4.99 Å². The van der Waals surface area contributed by atoms with Crippen molar-refractivity contribution < 1.29 is 18.4 Å². The number of benzene rings is 2. The van der Waals surface area contributed by atoms with Gasteiger partial charge in [-0.25, -0.2) is 23.1 Å². The Morgan fingerprint density at radius 2 is 2.00 bits per heavy atom. The number of hydrogen-bond acceptors (Lipinski definition) is 5. The number of amidine groups is 1. The van der Waals surface area contributed by atoms with Gasteiger partial charge in [-0.3, -0.25) is 10.7 Å². The predicted octanol–water partition coefficient (Wildman–Crippen LogP) is 3.32. The van der Waals surface area contributed by atoms with E-state index in [0.29, 0.717) is 13.1 Å². The van der Waals surface area contributed by atoms with Crippen LogP contribution in [-0.4, -0.2) is 41.1 Å². The van der Waals surface area contributed by atoms with Crippen molar-refractivity contribution in [3.05, 3.63) is 52.3 Å². The van der Waals surface area contributed by atoms with Gasteiger partial charge in [0.25, 0.3) is 0 Å². The van der Waals surface area contributed by atoms with Crippen molar-refractivity contribution in [2.75, 3.05) is 25.5 Å².